The number of rotatable bonds is 5. The van der Waals surface area contributed by atoms with Crippen LogP contribution in [0.2, 0.25) is 0 Å². The smallest absolute Gasteiger partial charge is 0.261 e. The fraction of sp³-hybridized carbons (Fsp3) is 0.185. The van der Waals surface area contributed by atoms with E-state index in [1.807, 2.05) is 41.8 Å². The number of alkyl halides is 2. The van der Waals surface area contributed by atoms with Crippen LogP contribution in [0.25, 0.3) is 55.2 Å². The molecule has 0 bridgehead atoms. The molecule has 0 amide bonds. The molecule has 37 heavy (non-hydrogen) atoms. The molecular weight excluding hydrogens is 492 g/mol. The molecule has 0 spiro atoms. The summed E-state index contributed by atoms with van der Waals surface area (Å²) in [6, 6.07) is 14.0. The van der Waals surface area contributed by atoms with E-state index in [9.17, 15) is 8.78 Å². The SMILES string of the molecule is FC1(F)CCN(Cc2cncc(-c3ccc4[nH]nc(-c5nc6c(-c7cccs7)nccc6[nH]5)c4c3)c2)C1. The normalized spacial score (nSPS) is 15.7. The molecule has 184 valence electrons. The van der Waals surface area contributed by atoms with Gasteiger partial charge in [0.05, 0.1) is 22.5 Å². The van der Waals surface area contributed by atoms with Crippen LogP contribution in [0.3, 0.4) is 0 Å². The van der Waals surface area contributed by atoms with E-state index in [4.69, 9.17) is 4.98 Å². The van der Waals surface area contributed by atoms with Crippen LogP contribution in [-0.2, 0) is 6.54 Å². The Labute approximate surface area is 214 Å². The summed E-state index contributed by atoms with van der Waals surface area (Å²) in [7, 11) is 0. The van der Waals surface area contributed by atoms with E-state index in [1.165, 1.54) is 0 Å². The molecule has 0 aliphatic carbocycles. The van der Waals surface area contributed by atoms with E-state index in [-0.39, 0.29) is 13.0 Å². The van der Waals surface area contributed by atoms with E-state index in [2.05, 4.69) is 31.2 Å². The minimum absolute atomic E-state index is 0.0906. The molecule has 6 aromatic rings. The summed E-state index contributed by atoms with van der Waals surface area (Å²) >= 11 is 1.63. The largest absolute Gasteiger partial charge is 0.336 e. The maximum atomic E-state index is 13.6. The molecule has 0 atom stereocenters. The maximum Gasteiger partial charge on any atom is 0.261 e. The first-order valence-electron chi connectivity index (χ1n) is 11.9. The monoisotopic (exact) mass is 513 g/mol. The molecule has 6 heterocycles. The van der Waals surface area contributed by atoms with Crippen LogP contribution >= 0.6 is 11.3 Å². The number of thiophene rings is 1. The van der Waals surface area contributed by atoms with Gasteiger partial charge in [-0.2, -0.15) is 5.10 Å². The summed E-state index contributed by atoms with van der Waals surface area (Å²) < 4.78 is 27.2. The van der Waals surface area contributed by atoms with E-state index < -0.39 is 5.92 Å². The van der Waals surface area contributed by atoms with Gasteiger partial charge in [-0.1, -0.05) is 12.1 Å². The number of aromatic nitrogens is 6. The lowest BCUT2D eigenvalue weighted by atomic mass is 10.0. The first-order chi connectivity index (χ1) is 18.0. The van der Waals surface area contributed by atoms with Gasteiger partial charge < -0.3 is 4.98 Å². The molecule has 2 N–H and O–H groups in total. The van der Waals surface area contributed by atoms with Crippen molar-refractivity contribution in [2.24, 2.45) is 0 Å². The predicted molar refractivity (Wildman–Crippen MR) is 140 cm³/mol. The number of imidazole rings is 1. The standard InChI is InChI=1S/C27H21F2N7S/c28-27(29)6-8-36(15-27)14-16-10-18(13-30-12-16)17-3-4-20-19(11-17)23(35-34-20)26-32-21-5-7-31-25(24(21)33-26)22-2-1-9-37-22/h1-5,7,9-13H,6,8,14-15H2,(H,32,33)(H,34,35). The van der Waals surface area contributed by atoms with Crippen molar-refractivity contribution >= 4 is 33.3 Å². The third-order valence-corrected chi connectivity index (χ3v) is 7.60. The van der Waals surface area contributed by atoms with Crippen LogP contribution in [-0.4, -0.2) is 54.0 Å². The second kappa shape index (κ2) is 8.53. The molecule has 1 aliphatic rings. The molecule has 1 fully saturated rings. The number of pyridine rings is 2. The average molecular weight is 514 g/mol. The molecule has 0 unspecified atom stereocenters. The highest BCUT2D eigenvalue weighted by Crippen LogP contribution is 2.34. The van der Waals surface area contributed by atoms with Gasteiger partial charge in [0.2, 0.25) is 0 Å². The van der Waals surface area contributed by atoms with Gasteiger partial charge in [0.25, 0.3) is 5.92 Å². The summed E-state index contributed by atoms with van der Waals surface area (Å²) in [4.78, 5) is 20.1. The first kappa shape index (κ1) is 22.2. The lowest BCUT2D eigenvalue weighted by Gasteiger charge is -2.15. The molecule has 0 saturated carbocycles. The zero-order valence-corrected chi connectivity index (χ0v) is 20.4. The maximum absolute atomic E-state index is 13.6. The molecule has 1 aliphatic heterocycles. The molecule has 7 nitrogen and oxygen atoms in total. The summed E-state index contributed by atoms with van der Waals surface area (Å²) in [5, 5.41) is 10.6. The van der Waals surface area contributed by atoms with E-state index >= 15 is 0 Å². The highest BCUT2D eigenvalue weighted by atomic mass is 32.1. The summed E-state index contributed by atoms with van der Waals surface area (Å²) in [5.74, 6) is -1.95. The van der Waals surface area contributed by atoms with Crippen molar-refractivity contribution in [3.63, 3.8) is 0 Å². The number of nitrogens with zero attached hydrogens (tertiary/aromatic N) is 5. The topological polar surface area (TPSA) is 86.4 Å². The molecular formula is C27H21F2N7S. The predicted octanol–water partition coefficient (Wildman–Crippen LogP) is 6.13. The third-order valence-electron chi connectivity index (χ3n) is 6.73. The van der Waals surface area contributed by atoms with Gasteiger partial charge in [-0.3, -0.25) is 20.0 Å². The Balaban J connectivity index is 1.24. The van der Waals surface area contributed by atoms with Gasteiger partial charge in [0.1, 0.15) is 16.9 Å². The average Bonchev–Trinajstić information content (AvgIpc) is 3.69. The highest BCUT2D eigenvalue weighted by Gasteiger charge is 2.37. The van der Waals surface area contributed by atoms with Gasteiger partial charge >= 0.3 is 0 Å². The van der Waals surface area contributed by atoms with Crippen molar-refractivity contribution in [1.82, 2.24) is 35.0 Å². The van der Waals surface area contributed by atoms with E-state index in [1.54, 1.807) is 34.8 Å². The van der Waals surface area contributed by atoms with Crippen LogP contribution in [0.5, 0.6) is 0 Å². The number of fused-ring (bicyclic) bond motifs is 2. The lowest BCUT2D eigenvalue weighted by molar-refractivity contribution is 0.0115. The van der Waals surface area contributed by atoms with Crippen molar-refractivity contribution in [1.29, 1.82) is 0 Å². The number of benzene rings is 1. The van der Waals surface area contributed by atoms with Crippen LogP contribution < -0.4 is 0 Å². The Morgan fingerprint density at radius 3 is 2.81 bits per heavy atom. The number of likely N-dealkylation sites (tertiary alicyclic amines) is 1. The molecule has 1 aromatic carbocycles. The Morgan fingerprint density at radius 1 is 1.03 bits per heavy atom. The van der Waals surface area contributed by atoms with Gasteiger partial charge in [0.15, 0.2) is 5.82 Å². The number of nitrogens with one attached hydrogen (secondary N) is 2. The second-order valence-corrected chi connectivity index (χ2v) is 10.3. The molecule has 7 rings (SSSR count). The van der Waals surface area contributed by atoms with Crippen molar-refractivity contribution in [2.75, 3.05) is 13.1 Å². The van der Waals surface area contributed by atoms with Crippen molar-refractivity contribution in [3.05, 3.63) is 72.0 Å². The van der Waals surface area contributed by atoms with Crippen molar-refractivity contribution in [3.8, 4) is 33.2 Å². The fourth-order valence-corrected chi connectivity index (χ4v) is 5.67. The van der Waals surface area contributed by atoms with Crippen LogP contribution in [0.15, 0.2) is 66.4 Å². The molecule has 0 radical (unpaired) electrons. The van der Waals surface area contributed by atoms with Crippen LogP contribution in [0.1, 0.15) is 12.0 Å². The summed E-state index contributed by atoms with van der Waals surface area (Å²) in [6.45, 7) is 0.640. The van der Waals surface area contributed by atoms with Gasteiger partial charge in [0, 0.05) is 49.1 Å². The Hall–Kier alpha value is -4.02. The van der Waals surface area contributed by atoms with Crippen LogP contribution in [0, 0.1) is 0 Å². The van der Waals surface area contributed by atoms with Crippen molar-refractivity contribution in [2.45, 2.75) is 18.9 Å². The zero-order valence-electron chi connectivity index (χ0n) is 19.6. The minimum Gasteiger partial charge on any atom is -0.336 e. The Kier molecular flexibility index (Phi) is 5.12. The third kappa shape index (κ3) is 4.08. The highest BCUT2D eigenvalue weighted by molar-refractivity contribution is 7.13. The van der Waals surface area contributed by atoms with Crippen molar-refractivity contribution < 1.29 is 8.78 Å². The summed E-state index contributed by atoms with van der Waals surface area (Å²) in [5.41, 5.74) is 6.94. The van der Waals surface area contributed by atoms with Crippen LogP contribution in [0.4, 0.5) is 8.78 Å². The number of H-pyrrole nitrogens is 2. The first-order valence-corrected chi connectivity index (χ1v) is 12.8. The number of hydrogen-bond donors (Lipinski definition) is 2. The Bertz CT molecular complexity index is 1740. The second-order valence-electron chi connectivity index (χ2n) is 9.35. The molecule has 10 heteroatoms. The zero-order chi connectivity index (χ0) is 25.0. The van der Waals surface area contributed by atoms with E-state index in [0.29, 0.717) is 24.6 Å². The number of aromatic amines is 2. The lowest BCUT2D eigenvalue weighted by Crippen LogP contribution is -2.24. The van der Waals surface area contributed by atoms with Gasteiger partial charge in [-0.05, 0) is 46.8 Å². The minimum atomic E-state index is -2.61. The van der Waals surface area contributed by atoms with E-state index in [0.717, 1.165) is 49.2 Å². The molecule has 1 saturated heterocycles. The van der Waals surface area contributed by atoms with Gasteiger partial charge in [-0.15, -0.1) is 11.3 Å². The quantitative estimate of drug-likeness (QED) is 0.290. The summed E-state index contributed by atoms with van der Waals surface area (Å²) in [6.07, 6.45) is 5.23. The number of halogens is 2. The van der Waals surface area contributed by atoms with Gasteiger partial charge in [-0.25, -0.2) is 13.8 Å². The Morgan fingerprint density at radius 2 is 1.97 bits per heavy atom. The fourth-order valence-electron chi connectivity index (χ4n) is 4.95. The number of hydrogen-bond acceptors (Lipinski definition) is 6. The molecule has 5 aromatic heterocycles.